The number of ketones is 4. The van der Waals surface area contributed by atoms with Crippen molar-refractivity contribution in [1.29, 1.82) is 0 Å². The fraction of sp³-hybridized carbons (Fsp3) is 0.607. The predicted molar refractivity (Wildman–Crippen MR) is 134 cm³/mol. The van der Waals surface area contributed by atoms with Crippen molar-refractivity contribution in [3.63, 3.8) is 0 Å². The van der Waals surface area contributed by atoms with E-state index in [0.717, 1.165) is 0 Å². The van der Waals surface area contributed by atoms with Crippen molar-refractivity contribution in [2.24, 2.45) is 29.4 Å². The van der Waals surface area contributed by atoms with E-state index in [1.807, 2.05) is 27.7 Å². The van der Waals surface area contributed by atoms with Gasteiger partial charge in [-0.3, -0.25) is 28.9 Å². The molecule has 210 valence electrons. The molecule has 0 aromatic heterocycles. The molecule has 0 bridgehead atoms. The van der Waals surface area contributed by atoms with Crippen LogP contribution in [0.3, 0.4) is 0 Å². The fourth-order valence-corrected chi connectivity index (χ4v) is 6.82. The number of ether oxygens (including phenoxy) is 2. The molecule has 11 heteroatoms. The highest BCUT2D eigenvalue weighted by molar-refractivity contribution is 6.32. The van der Waals surface area contributed by atoms with Crippen LogP contribution < -0.4 is 5.73 Å². The van der Waals surface area contributed by atoms with Crippen LogP contribution in [-0.2, 0) is 35.1 Å². The molecule has 3 fully saturated rings. The summed E-state index contributed by atoms with van der Waals surface area (Å²) in [4.78, 5) is 67.9. The van der Waals surface area contributed by atoms with Gasteiger partial charge in [0.05, 0.1) is 28.7 Å². The van der Waals surface area contributed by atoms with Crippen LogP contribution in [0, 0.1) is 23.7 Å². The standard InChI is InChI=1S/C28H34N2O9/c1-26(2)27(3,4)39-25(38-26)12-7-8-15(31)17-13(12)9-11-10-14-19(30(5)6)21(33)18(24(29)36)23(35)28(14,37)22(34)16(11)20(17)32/h7-8,11,14,16,18-19,25,31,37H,9-10H2,1-6H3,(H2,29,36)/t11-,14-,16?,18?,19-,28-/m0/s1. The summed E-state index contributed by atoms with van der Waals surface area (Å²) >= 11 is 0. The molecule has 1 saturated heterocycles. The minimum Gasteiger partial charge on any atom is -0.507 e. The number of benzene rings is 1. The zero-order chi connectivity index (χ0) is 29.0. The van der Waals surface area contributed by atoms with E-state index in [2.05, 4.69) is 0 Å². The molecular weight excluding hydrogens is 508 g/mol. The molecule has 1 aromatic rings. The summed E-state index contributed by atoms with van der Waals surface area (Å²) in [7, 11) is 3.09. The second kappa shape index (κ2) is 8.50. The summed E-state index contributed by atoms with van der Waals surface area (Å²) in [6.45, 7) is 7.55. The van der Waals surface area contributed by atoms with Gasteiger partial charge in [-0.15, -0.1) is 0 Å². The Morgan fingerprint density at radius 1 is 1.03 bits per heavy atom. The molecule has 4 N–H and O–H groups in total. The molecule has 3 aliphatic carbocycles. The van der Waals surface area contributed by atoms with E-state index in [9.17, 15) is 34.2 Å². The third-order valence-electron chi connectivity index (χ3n) is 9.49. The summed E-state index contributed by atoms with van der Waals surface area (Å²) in [5, 5.41) is 22.4. The van der Waals surface area contributed by atoms with Gasteiger partial charge in [0, 0.05) is 11.5 Å². The lowest BCUT2D eigenvalue weighted by molar-refractivity contribution is -0.181. The normalized spacial score (nSPS) is 35.5. The maximum atomic E-state index is 13.9. The lowest BCUT2D eigenvalue weighted by atomic mass is 9.52. The van der Waals surface area contributed by atoms with Crippen molar-refractivity contribution < 1.29 is 43.7 Å². The van der Waals surface area contributed by atoms with E-state index in [-0.39, 0.29) is 24.2 Å². The second-order valence-electron chi connectivity index (χ2n) is 12.4. The molecular formula is C28H34N2O9. The average Bonchev–Trinajstić information content (AvgIpc) is 3.02. The largest absolute Gasteiger partial charge is 0.507 e. The minimum absolute atomic E-state index is 0.0254. The number of aliphatic hydroxyl groups is 1. The number of Topliss-reactive ketones (excluding diaryl/α,β-unsaturated/α-hetero) is 4. The Kier molecular flexibility index (Phi) is 6.01. The summed E-state index contributed by atoms with van der Waals surface area (Å²) in [5.41, 5.74) is 2.17. The minimum atomic E-state index is -2.75. The van der Waals surface area contributed by atoms with Gasteiger partial charge in [-0.25, -0.2) is 0 Å². The van der Waals surface area contributed by atoms with Crippen molar-refractivity contribution in [3.8, 4) is 5.75 Å². The van der Waals surface area contributed by atoms with Crippen LogP contribution >= 0.6 is 0 Å². The lowest BCUT2D eigenvalue weighted by Crippen LogP contribution is -2.74. The molecule has 0 spiro atoms. The third kappa shape index (κ3) is 3.60. The van der Waals surface area contributed by atoms with Crippen LogP contribution in [0.1, 0.15) is 61.9 Å². The smallest absolute Gasteiger partial charge is 0.235 e. The Morgan fingerprint density at radius 3 is 2.15 bits per heavy atom. The highest BCUT2D eigenvalue weighted by Gasteiger charge is 2.69. The predicted octanol–water partition coefficient (Wildman–Crippen LogP) is 0.470. The molecule has 11 nitrogen and oxygen atoms in total. The van der Waals surface area contributed by atoms with E-state index >= 15 is 0 Å². The van der Waals surface area contributed by atoms with Crippen LogP contribution in [0.4, 0.5) is 0 Å². The van der Waals surface area contributed by atoms with Gasteiger partial charge in [-0.2, -0.15) is 0 Å². The second-order valence-corrected chi connectivity index (χ2v) is 12.4. The number of rotatable bonds is 3. The number of amides is 1. The Bertz CT molecular complexity index is 1320. The quantitative estimate of drug-likeness (QED) is 0.456. The van der Waals surface area contributed by atoms with Gasteiger partial charge in [0.1, 0.15) is 5.75 Å². The van der Waals surface area contributed by atoms with Crippen LogP contribution in [0.25, 0.3) is 0 Å². The van der Waals surface area contributed by atoms with E-state index in [1.165, 1.54) is 11.0 Å². The maximum absolute atomic E-state index is 13.9. The number of hydrogen-bond acceptors (Lipinski definition) is 10. The first kappa shape index (κ1) is 27.6. The highest BCUT2D eigenvalue weighted by atomic mass is 16.7. The van der Waals surface area contributed by atoms with Gasteiger partial charge in [0.15, 0.2) is 40.9 Å². The SMILES string of the molecule is CN(C)[C@@H]1C(=O)C(C(N)=O)C(=O)[C@@]2(O)C(=O)C3C(=O)c4c(O)ccc(C5OC(C)(C)C(C)(C)O5)c4C[C@H]3C[C@@H]12. The lowest BCUT2D eigenvalue weighted by Gasteiger charge is -2.52. The van der Waals surface area contributed by atoms with Crippen molar-refractivity contribution in [2.45, 2.75) is 69.7 Å². The molecule has 2 unspecified atom stereocenters. The molecule has 6 atom stereocenters. The first-order valence-corrected chi connectivity index (χ1v) is 13.0. The topological polar surface area (TPSA) is 174 Å². The first-order chi connectivity index (χ1) is 18.0. The summed E-state index contributed by atoms with van der Waals surface area (Å²) in [6, 6.07) is 1.80. The number of carbonyl (C=O) groups is 5. The van der Waals surface area contributed by atoms with Gasteiger partial charge < -0.3 is 25.4 Å². The summed E-state index contributed by atoms with van der Waals surface area (Å²) in [5.74, 6) is -10.8. The third-order valence-corrected chi connectivity index (χ3v) is 9.49. The molecule has 1 amide bonds. The zero-order valence-electron chi connectivity index (χ0n) is 22.8. The zero-order valence-corrected chi connectivity index (χ0v) is 22.8. The van der Waals surface area contributed by atoms with Crippen LogP contribution in [-0.4, -0.2) is 81.1 Å². The number of phenolic OH excluding ortho intramolecular Hbond substituents is 1. The average molecular weight is 543 g/mol. The van der Waals surface area contributed by atoms with Crippen LogP contribution in [0.15, 0.2) is 12.1 Å². The first-order valence-electron chi connectivity index (χ1n) is 13.0. The number of likely N-dealkylation sites (N-methyl/N-ethyl adjacent to an activating group) is 1. The number of aromatic hydroxyl groups is 1. The van der Waals surface area contributed by atoms with Gasteiger partial charge in [0.2, 0.25) is 5.91 Å². The van der Waals surface area contributed by atoms with Gasteiger partial charge in [0.25, 0.3) is 0 Å². The van der Waals surface area contributed by atoms with E-state index < -0.39 is 81.8 Å². The molecule has 1 aliphatic heterocycles. The molecule has 0 radical (unpaired) electrons. The van der Waals surface area contributed by atoms with Crippen molar-refractivity contribution >= 4 is 29.0 Å². The number of nitrogens with two attached hydrogens (primary N) is 1. The number of fused-ring (bicyclic) bond motifs is 3. The molecule has 5 rings (SSSR count). The number of primary amides is 1. The van der Waals surface area contributed by atoms with Crippen molar-refractivity contribution in [2.75, 3.05) is 14.1 Å². The van der Waals surface area contributed by atoms with Gasteiger partial charge >= 0.3 is 0 Å². The number of phenols is 1. The van der Waals surface area contributed by atoms with Crippen LogP contribution in [0.5, 0.6) is 5.75 Å². The molecule has 39 heavy (non-hydrogen) atoms. The number of nitrogens with zero attached hydrogens (tertiary/aromatic N) is 1. The van der Waals surface area contributed by atoms with E-state index in [0.29, 0.717) is 11.1 Å². The fourth-order valence-electron chi connectivity index (χ4n) is 6.82. The molecule has 2 saturated carbocycles. The van der Waals surface area contributed by atoms with Crippen molar-refractivity contribution in [1.82, 2.24) is 4.90 Å². The summed E-state index contributed by atoms with van der Waals surface area (Å²) < 4.78 is 12.4. The van der Waals surface area contributed by atoms with Crippen LogP contribution in [0.2, 0.25) is 0 Å². The van der Waals surface area contributed by atoms with Gasteiger partial charge in [-0.05, 0) is 78.2 Å². The number of hydrogen-bond donors (Lipinski definition) is 3. The molecule has 4 aliphatic rings. The number of carbonyl (C=O) groups excluding carboxylic acids is 5. The van der Waals surface area contributed by atoms with Gasteiger partial charge in [-0.1, -0.05) is 0 Å². The van der Waals surface area contributed by atoms with E-state index in [4.69, 9.17) is 15.2 Å². The van der Waals surface area contributed by atoms with E-state index in [1.54, 1.807) is 20.2 Å². The highest BCUT2D eigenvalue weighted by Crippen LogP contribution is 2.53. The Balaban J connectivity index is 1.62. The Hall–Kier alpha value is -2.99. The summed E-state index contributed by atoms with van der Waals surface area (Å²) in [6.07, 6.45) is -0.726. The monoisotopic (exact) mass is 542 g/mol. The maximum Gasteiger partial charge on any atom is 0.235 e. The Labute approximate surface area is 225 Å². The molecule has 1 heterocycles. The molecule has 1 aromatic carbocycles. The Morgan fingerprint density at radius 2 is 1.62 bits per heavy atom. The van der Waals surface area contributed by atoms with Crippen molar-refractivity contribution in [3.05, 3.63) is 28.8 Å².